The number of nitrogens with zero attached hydrogens (tertiary/aromatic N) is 2. The number of hydrogen-bond donors (Lipinski definition) is 3. The van der Waals surface area contributed by atoms with Gasteiger partial charge in [0, 0.05) is 6.20 Å². The highest BCUT2D eigenvalue weighted by Crippen LogP contribution is 2.05. The zero-order valence-electron chi connectivity index (χ0n) is 6.94. The van der Waals surface area contributed by atoms with Crippen molar-refractivity contribution in [1.29, 1.82) is 0 Å². The summed E-state index contributed by atoms with van der Waals surface area (Å²) in [6, 6.07) is 0. The highest BCUT2D eigenvalue weighted by Gasteiger charge is 2.09. The fourth-order valence-corrected chi connectivity index (χ4v) is 0.740. The minimum absolute atomic E-state index is 0. The van der Waals surface area contributed by atoms with Crippen molar-refractivity contribution in [2.24, 2.45) is 5.84 Å². The lowest BCUT2D eigenvalue weighted by Gasteiger charge is -2.01. The van der Waals surface area contributed by atoms with Crippen molar-refractivity contribution in [3.05, 3.63) is 17.6 Å². The summed E-state index contributed by atoms with van der Waals surface area (Å²) in [6.45, 7) is 1.68. The molecular formula is C6H10ClN5O. The zero-order chi connectivity index (χ0) is 9.14. The van der Waals surface area contributed by atoms with E-state index >= 15 is 0 Å². The quantitative estimate of drug-likeness (QED) is 0.321. The molecule has 0 saturated carbocycles. The molecule has 1 aromatic heterocycles. The van der Waals surface area contributed by atoms with E-state index in [1.54, 1.807) is 6.92 Å². The lowest BCUT2D eigenvalue weighted by atomic mass is 10.3. The molecule has 1 heterocycles. The molecular weight excluding hydrogens is 194 g/mol. The molecule has 0 aliphatic rings. The Hall–Kier alpha value is -1.40. The summed E-state index contributed by atoms with van der Waals surface area (Å²) in [6.07, 6.45) is 1.33. The number of nitrogen functional groups attached to an aromatic ring is 2. The molecule has 0 unspecified atom stereocenters. The number of anilines is 1. The van der Waals surface area contributed by atoms with Crippen molar-refractivity contribution in [1.82, 2.24) is 15.4 Å². The van der Waals surface area contributed by atoms with Gasteiger partial charge in [0.15, 0.2) is 0 Å². The molecule has 0 aromatic carbocycles. The summed E-state index contributed by atoms with van der Waals surface area (Å²) >= 11 is 0. The highest BCUT2D eigenvalue weighted by atomic mass is 35.5. The van der Waals surface area contributed by atoms with Crippen LogP contribution in [0.5, 0.6) is 0 Å². The summed E-state index contributed by atoms with van der Waals surface area (Å²) in [5.74, 6) is 5.05. The number of hydrazine groups is 1. The Morgan fingerprint density at radius 2 is 2.23 bits per heavy atom. The number of aryl methyl sites for hydroxylation is 1. The van der Waals surface area contributed by atoms with E-state index in [0.717, 1.165) is 0 Å². The molecule has 0 spiro atoms. The largest absolute Gasteiger partial charge is 0.383 e. The summed E-state index contributed by atoms with van der Waals surface area (Å²) in [4.78, 5) is 18.5. The minimum Gasteiger partial charge on any atom is -0.383 e. The average Bonchev–Trinajstić information content (AvgIpc) is 2.03. The van der Waals surface area contributed by atoms with Gasteiger partial charge in [0.1, 0.15) is 17.2 Å². The first-order valence-electron chi connectivity index (χ1n) is 3.25. The zero-order valence-corrected chi connectivity index (χ0v) is 7.76. The second-order valence-corrected chi connectivity index (χ2v) is 2.19. The van der Waals surface area contributed by atoms with Gasteiger partial charge in [0.05, 0.1) is 0 Å². The average molecular weight is 204 g/mol. The van der Waals surface area contributed by atoms with Crippen LogP contribution < -0.4 is 17.0 Å². The van der Waals surface area contributed by atoms with Gasteiger partial charge in [-0.3, -0.25) is 10.2 Å². The molecule has 1 amide bonds. The molecule has 7 heteroatoms. The second-order valence-electron chi connectivity index (χ2n) is 2.19. The Balaban J connectivity index is 0.00000144. The van der Waals surface area contributed by atoms with Crippen LogP contribution in [0.1, 0.15) is 16.2 Å². The molecule has 0 aliphatic carbocycles. The molecule has 0 fully saturated rings. The topological polar surface area (TPSA) is 107 Å². The number of rotatable bonds is 1. The van der Waals surface area contributed by atoms with E-state index in [1.165, 1.54) is 6.20 Å². The number of carbonyl (C=O) groups is 1. The van der Waals surface area contributed by atoms with E-state index in [1.807, 2.05) is 5.43 Å². The number of halogens is 1. The molecule has 0 saturated heterocycles. The van der Waals surface area contributed by atoms with Gasteiger partial charge in [-0.25, -0.2) is 15.8 Å². The second kappa shape index (κ2) is 4.58. The minimum atomic E-state index is -0.493. The summed E-state index contributed by atoms with van der Waals surface area (Å²) < 4.78 is 0. The molecule has 0 radical (unpaired) electrons. The summed E-state index contributed by atoms with van der Waals surface area (Å²) in [5.41, 5.74) is 7.56. The highest BCUT2D eigenvalue weighted by molar-refractivity contribution is 5.97. The van der Waals surface area contributed by atoms with Gasteiger partial charge in [-0.15, -0.1) is 12.4 Å². The fourth-order valence-electron chi connectivity index (χ4n) is 0.740. The van der Waals surface area contributed by atoms with Gasteiger partial charge in [-0.2, -0.15) is 0 Å². The van der Waals surface area contributed by atoms with E-state index in [2.05, 4.69) is 9.97 Å². The number of nitrogens with one attached hydrogen (secondary N) is 1. The van der Waals surface area contributed by atoms with Crippen LogP contribution in [-0.2, 0) is 0 Å². The summed E-state index contributed by atoms with van der Waals surface area (Å²) in [7, 11) is 0. The number of hydrogen-bond acceptors (Lipinski definition) is 5. The standard InChI is InChI=1S/C6H9N5O.ClH/c1-3-9-2-4(5(7)10-3)6(12)11-8;/h2H,8H2,1H3,(H,11,12)(H2,7,9,10);1H. The van der Waals surface area contributed by atoms with E-state index < -0.39 is 5.91 Å². The Bertz CT molecular complexity index is 316. The van der Waals surface area contributed by atoms with Gasteiger partial charge in [-0.1, -0.05) is 0 Å². The lowest BCUT2D eigenvalue weighted by Crippen LogP contribution is -2.31. The van der Waals surface area contributed by atoms with E-state index in [9.17, 15) is 4.79 Å². The van der Waals surface area contributed by atoms with Crippen LogP contribution in [0, 0.1) is 6.92 Å². The van der Waals surface area contributed by atoms with Gasteiger partial charge in [0.2, 0.25) is 0 Å². The van der Waals surface area contributed by atoms with Gasteiger partial charge < -0.3 is 5.73 Å². The Morgan fingerprint density at radius 1 is 1.62 bits per heavy atom. The van der Waals surface area contributed by atoms with Crippen molar-refractivity contribution >= 4 is 24.1 Å². The molecule has 0 bridgehead atoms. The number of amides is 1. The summed E-state index contributed by atoms with van der Waals surface area (Å²) in [5, 5.41) is 0. The first kappa shape index (κ1) is 11.6. The number of nitrogens with two attached hydrogens (primary N) is 2. The van der Waals surface area contributed by atoms with Crippen molar-refractivity contribution in [2.45, 2.75) is 6.92 Å². The molecule has 5 N–H and O–H groups in total. The fraction of sp³-hybridized carbons (Fsp3) is 0.167. The van der Waals surface area contributed by atoms with Crippen molar-refractivity contribution in [3.8, 4) is 0 Å². The lowest BCUT2D eigenvalue weighted by molar-refractivity contribution is 0.0954. The SMILES string of the molecule is Cc1ncc(C(=O)NN)c(N)n1.Cl. The molecule has 1 aromatic rings. The van der Waals surface area contributed by atoms with Gasteiger partial charge in [0.25, 0.3) is 5.91 Å². The van der Waals surface area contributed by atoms with Crippen LogP contribution >= 0.6 is 12.4 Å². The maximum Gasteiger partial charge on any atom is 0.270 e. The van der Waals surface area contributed by atoms with Crippen LogP contribution in [0.2, 0.25) is 0 Å². The van der Waals surface area contributed by atoms with Crippen LogP contribution in [-0.4, -0.2) is 15.9 Å². The third-order valence-electron chi connectivity index (χ3n) is 1.31. The van der Waals surface area contributed by atoms with Gasteiger partial charge in [-0.05, 0) is 6.92 Å². The number of carbonyl (C=O) groups excluding carboxylic acids is 1. The van der Waals surface area contributed by atoms with Crippen molar-refractivity contribution in [2.75, 3.05) is 5.73 Å². The van der Waals surface area contributed by atoms with Crippen molar-refractivity contribution < 1.29 is 4.79 Å². The molecule has 72 valence electrons. The van der Waals surface area contributed by atoms with E-state index in [4.69, 9.17) is 11.6 Å². The third kappa shape index (κ3) is 2.53. The smallest absolute Gasteiger partial charge is 0.270 e. The van der Waals surface area contributed by atoms with Crippen LogP contribution in [0.3, 0.4) is 0 Å². The van der Waals surface area contributed by atoms with E-state index in [-0.39, 0.29) is 23.8 Å². The maximum atomic E-state index is 10.9. The predicted molar refractivity (Wildman–Crippen MR) is 50.1 cm³/mol. The molecule has 0 atom stereocenters. The molecule has 1 rings (SSSR count). The molecule has 6 nitrogen and oxygen atoms in total. The van der Waals surface area contributed by atoms with E-state index in [0.29, 0.717) is 5.82 Å². The van der Waals surface area contributed by atoms with Crippen LogP contribution in [0.25, 0.3) is 0 Å². The van der Waals surface area contributed by atoms with Crippen molar-refractivity contribution in [3.63, 3.8) is 0 Å². The Labute approximate surface area is 81.1 Å². The third-order valence-corrected chi connectivity index (χ3v) is 1.31. The molecule has 0 aliphatic heterocycles. The predicted octanol–water partition coefficient (Wildman–Crippen LogP) is -0.607. The monoisotopic (exact) mass is 203 g/mol. The van der Waals surface area contributed by atoms with Crippen LogP contribution in [0.15, 0.2) is 6.20 Å². The number of aromatic nitrogens is 2. The Morgan fingerprint density at radius 3 is 2.69 bits per heavy atom. The first-order chi connectivity index (χ1) is 5.65. The van der Waals surface area contributed by atoms with Gasteiger partial charge >= 0.3 is 0 Å². The normalized spacial score (nSPS) is 8.77. The first-order valence-corrected chi connectivity index (χ1v) is 3.25. The van der Waals surface area contributed by atoms with Crippen LogP contribution in [0.4, 0.5) is 5.82 Å². The molecule has 13 heavy (non-hydrogen) atoms. The maximum absolute atomic E-state index is 10.9. The Kier molecular flexibility index (Phi) is 4.09.